The van der Waals surface area contributed by atoms with Gasteiger partial charge < -0.3 is 14.4 Å². The van der Waals surface area contributed by atoms with E-state index in [2.05, 4.69) is 0 Å². The van der Waals surface area contributed by atoms with E-state index in [1.807, 2.05) is 4.90 Å². The van der Waals surface area contributed by atoms with Crippen LogP contribution in [0, 0.1) is 0 Å². The Bertz CT molecular complexity index is 710. The van der Waals surface area contributed by atoms with Crippen molar-refractivity contribution >= 4 is 35.1 Å². The topological polar surface area (TPSA) is 59.1 Å². The normalized spacial score (nSPS) is 16.6. The lowest BCUT2D eigenvalue weighted by molar-refractivity contribution is -0.187. The minimum absolute atomic E-state index is 0.0269. The highest BCUT2D eigenvalue weighted by Gasteiger charge is 2.43. The molecular formula is C17H19Cl2F3N2O4. The molecular weight excluding hydrogens is 424 g/mol. The number of carbonyl (C=O) groups is 2. The van der Waals surface area contributed by atoms with Crippen LogP contribution in [-0.4, -0.2) is 73.3 Å². The molecule has 1 amide bonds. The lowest BCUT2D eigenvalue weighted by atomic mass is 10.3. The summed E-state index contributed by atoms with van der Waals surface area (Å²) in [4.78, 5) is 25.8. The average Bonchev–Trinajstić information content (AvgIpc) is 2.63. The number of alkyl halides is 3. The number of rotatable bonds is 6. The lowest BCUT2D eigenvalue weighted by Crippen LogP contribution is -2.52. The Morgan fingerprint density at radius 1 is 1.18 bits per heavy atom. The van der Waals surface area contributed by atoms with Crippen molar-refractivity contribution in [2.75, 3.05) is 39.3 Å². The quantitative estimate of drug-likeness (QED) is 0.633. The van der Waals surface area contributed by atoms with Crippen LogP contribution in [0.25, 0.3) is 0 Å². The molecule has 11 heteroatoms. The molecule has 1 aromatic rings. The first kappa shape index (κ1) is 22.6. The molecule has 0 spiro atoms. The smallest absolute Gasteiger partial charge is 0.471 e. The second-order valence-electron chi connectivity index (χ2n) is 6.13. The molecule has 0 aliphatic carbocycles. The van der Waals surface area contributed by atoms with Crippen molar-refractivity contribution in [2.24, 2.45) is 0 Å². The second-order valence-corrected chi connectivity index (χ2v) is 6.98. The maximum atomic E-state index is 12.4. The summed E-state index contributed by atoms with van der Waals surface area (Å²) in [7, 11) is 0. The van der Waals surface area contributed by atoms with E-state index in [0.29, 0.717) is 17.3 Å². The Kier molecular flexibility index (Phi) is 7.79. The third-order valence-corrected chi connectivity index (χ3v) is 4.61. The van der Waals surface area contributed by atoms with E-state index in [-0.39, 0.29) is 37.8 Å². The maximum Gasteiger partial charge on any atom is 0.471 e. The molecule has 0 radical (unpaired) electrons. The van der Waals surface area contributed by atoms with Crippen LogP contribution in [0.1, 0.15) is 6.92 Å². The van der Waals surface area contributed by atoms with Crippen molar-refractivity contribution in [1.29, 1.82) is 0 Å². The summed E-state index contributed by atoms with van der Waals surface area (Å²) in [6.45, 7) is 2.39. The molecule has 1 aliphatic rings. The molecule has 2 rings (SSSR count). The van der Waals surface area contributed by atoms with Crippen molar-refractivity contribution in [3.8, 4) is 5.75 Å². The van der Waals surface area contributed by atoms with Gasteiger partial charge in [0.25, 0.3) is 0 Å². The molecule has 1 unspecified atom stereocenters. The monoisotopic (exact) mass is 442 g/mol. The van der Waals surface area contributed by atoms with Crippen molar-refractivity contribution in [3.05, 3.63) is 28.2 Å². The zero-order valence-electron chi connectivity index (χ0n) is 15.0. The van der Waals surface area contributed by atoms with Gasteiger partial charge in [-0.1, -0.05) is 23.2 Å². The highest BCUT2D eigenvalue weighted by molar-refractivity contribution is 6.35. The molecule has 1 atom stereocenters. The first-order valence-corrected chi connectivity index (χ1v) is 9.20. The number of nitrogens with zero attached hydrogens (tertiary/aromatic N) is 2. The number of piperazine rings is 1. The Labute approximate surface area is 170 Å². The Morgan fingerprint density at radius 2 is 1.82 bits per heavy atom. The fraction of sp³-hybridized carbons (Fsp3) is 0.529. The second kappa shape index (κ2) is 9.67. The third kappa shape index (κ3) is 6.42. The Hall–Kier alpha value is -1.71. The molecule has 1 saturated heterocycles. The van der Waals surface area contributed by atoms with Crippen LogP contribution in [0.5, 0.6) is 5.75 Å². The zero-order chi connectivity index (χ0) is 20.9. The van der Waals surface area contributed by atoms with Crippen LogP contribution in [0.2, 0.25) is 10.0 Å². The van der Waals surface area contributed by atoms with Crippen molar-refractivity contribution in [3.63, 3.8) is 0 Å². The summed E-state index contributed by atoms with van der Waals surface area (Å²) >= 11 is 11.8. The van der Waals surface area contributed by atoms with Gasteiger partial charge in [-0.05, 0) is 25.1 Å². The first-order valence-electron chi connectivity index (χ1n) is 8.44. The van der Waals surface area contributed by atoms with E-state index >= 15 is 0 Å². The predicted octanol–water partition coefficient (Wildman–Crippen LogP) is 3.01. The summed E-state index contributed by atoms with van der Waals surface area (Å²) in [5, 5.41) is 0.697. The molecule has 156 valence electrons. The number of carbonyl (C=O) groups excluding carboxylic acids is 2. The van der Waals surface area contributed by atoms with Crippen LogP contribution in [0.3, 0.4) is 0 Å². The molecule has 0 saturated carbocycles. The van der Waals surface area contributed by atoms with E-state index in [4.69, 9.17) is 32.7 Å². The van der Waals surface area contributed by atoms with Crippen molar-refractivity contribution in [1.82, 2.24) is 9.80 Å². The zero-order valence-corrected chi connectivity index (χ0v) is 16.5. The molecule has 6 nitrogen and oxygen atoms in total. The highest BCUT2D eigenvalue weighted by atomic mass is 35.5. The van der Waals surface area contributed by atoms with Gasteiger partial charge >= 0.3 is 18.1 Å². The fourth-order valence-corrected chi connectivity index (χ4v) is 3.01. The maximum absolute atomic E-state index is 12.4. The molecule has 0 aromatic heterocycles. The summed E-state index contributed by atoms with van der Waals surface area (Å²) in [6, 6.07) is 4.60. The van der Waals surface area contributed by atoms with Gasteiger partial charge in [0.15, 0.2) is 6.10 Å². The molecule has 1 fully saturated rings. The molecule has 28 heavy (non-hydrogen) atoms. The largest absolute Gasteiger partial charge is 0.477 e. The molecule has 0 N–H and O–H groups in total. The summed E-state index contributed by atoms with van der Waals surface area (Å²) < 4.78 is 47.8. The van der Waals surface area contributed by atoms with E-state index in [0.717, 1.165) is 4.90 Å². The number of hydrogen-bond acceptors (Lipinski definition) is 5. The van der Waals surface area contributed by atoms with Crippen LogP contribution in [-0.2, 0) is 14.3 Å². The third-order valence-electron chi connectivity index (χ3n) is 4.08. The van der Waals surface area contributed by atoms with E-state index in [1.54, 1.807) is 6.07 Å². The van der Waals surface area contributed by atoms with Crippen LogP contribution < -0.4 is 4.74 Å². The van der Waals surface area contributed by atoms with Gasteiger partial charge in [0.1, 0.15) is 12.4 Å². The van der Waals surface area contributed by atoms with Gasteiger partial charge in [-0.25, -0.2) is 4.79 Å². The van der Waals surface area contributed by atoms with E-state index < -0.39 is 24.2 Å². The Morgan fingerprint density at radius 3 is 2.39 bits per heavy atom. The Balaban J connectivity index is 1.70. The van der Waals surface area contributed by atoms with Gasteiger partial charge in [-0.3, -0.25) is 9.69 Å². The van der Waals surface area contributed by atoms with Gasteiger partial charge in [0.2, 0.25) is 0 Å². The van der Waals surface area contributed by atoms with Gasteiger partial charge in [-0.2, -0.15) is 13.2 Å². The lowest BCUT2D eigenvalue weighted by Gasteiger charge is -2.34. The standard InChI is InChI=1S/C17H19Cl2F3N2O4/c1-11(28-14-3-2-12(18)10-13(14)19)15(25)27-9-8-23-4-6-24(7-5-23)16(26)17(20,21)22/h2-3,10-11H,4-9H2,1H3. The number of benzene rings is 1. The molecule has 1 aromatic carbocycles. The van der Waals surface area contributed by atoms with Gasteiger partial charge in [0.05, 0.1) is 5.02 Å². The van der Waals surface area contributed by atoms with Gasteiger partial charge in [-0.15, -0.1) is 0 Å². The average molecular weight is 443 g/mol. The minimum atomic E-state index is -4.86. The van der Waals surface area contributed by atoms with E-state index in [9.17, 15) is 22.8 Å². The summed E-state index contributed by atoms with van der Waals surface area (Å²) in [5.41, 5.74) is 0. The summed E-state index contributed by atoms with van der Waals surface area (Å²) in [6.07, 6.45) is -5.76. The first-order chi connectivity index (χ1) is 13.1. The number of esters is 1. The fourth-order valence-electron chi connectivity index (χ4n) is 2.56. The summed E-state index contributed by atoms with van der Waals surface area (Å²) in [5.74, 6) is -2.14. The number of hydrogen-bond donors (Lipinski definition) is 0. The van der Waals surface area contributed by atoms with Crippen molar-refractivity contribution < 1.29 is 32.2 Å². The highest BCUT2D eigenvalue weighted by Crippen LogP contribution is 2.28. The van der Waals surface area contributed by atoms with Crippen LogP contribution in [0.4, 0.5) is 13.2 Å². The molecule has 1 aliphatic heterocycles. The van der Waals surface area contributed by atoms with Crippen LogP contribution >= 0.6 is 23.2 Å². The van der Waals surface area contributed by atoms with E-state index in [1.165, 1.54) is 19.1 Å². The molecule has 1 heterocycles. The SMILES string of the molecule is CC(Oc1ccc(Cl)cc1Cl)C(=O)OCCN1CCN(C(=O)C(F)(F)F)CC1. The predicted molar refractivity (Wildman–Crippen MR) is 96.6 cm³/mol. The van der Waals surface area contributed by atoms with Gasteiger partial charge in [0, 0.05) is 37.7 Å². The van der Waals surface area contributed by atoms with Crippen molar-refractivity contribution in [2.45, 2.75) is 19.2 Å². The number of amides is 1. The van der Waals surface area contributed by atoms with Crippen LogP contribution in [0.15, 0.2) is 18.2 Å². The minimum Gasteiger partial charge on any atom is -0.477 e. The number of ether oxygens (including phenoxy) is 2. The molecule has 0 bridgehead atoms. The number of halogens is 5.